The monoisotopic (exact) mass is 602 g/mol. The average Bonchev–Trinajstić information content (AvgIpc) is 3.37. The number of alkyl halides is 3. The number of amides is 3. The molecule has 0 aliphatic carbocycles. The molecule has 218 valence electrons. The zero-order valence-electron chi connectivity index (χ0n) is 21.6. The van der Waals surface area contributed by atoms with Crippen LogP contribution in [0.1, 0.15) is 28.4 Å². The van der Waals surface area contributed by atoms with Gasteiger partial charge in [-0.15, -0.1) is 0 Å². The van der Waals surface area contributed by atoms with Crippen molar-refractivity contribution >= 4 is 40.3 Å². The van der Waals surface area contributed by atoms with Crippen molar-refractivity contribution in [3.8, 4) is 5.88 Å². The molecule has 3 amide bonds. The Labute approximate surface area is 241 Å². The zero-order valence-corrected chi connectivity index (χ0v) is 22.4. The van der Waals surface area contributed by atoms with E-state index in [1.54, 1.807) is 36.4 Å². The summed E-state index contributed by atoms with van der Waals surface area (Å²) in [6.45, 7) is -0.186. The fraction of sp³-hybridized carbons (Fsp3) is 0.259. The summed E-state index contributed by atoms with van der Waals surface area (Å²) in [5.74, 6) is -2.24. The summed E-state index contributed by atoms with van der Waals surface area (Å²) in [4.78, 5) is 51.2. The first-order chi connectivity index (χ1) is 20.1. The molecule has 2 atom stereocenters. The van der Waals surface area contributed by atoms with Crippen molar-refractivity contribution in [2.75, 3.05) is 13.1 Å². The molecule has 42 heavy (non-hydrogen) atoms. The molecule has 4 aromatic rings. The van der Waals surface area contributed by atoms with Gasteiger partial charge in [-0.2, -0.15) is 13.2 Å². The molecule has 0 saturated carbocycles. The van der Waals surface area contributed by atoms with Crippen LogP contribution < -0.4 is 15.4 Å². The predicted octanol–water partition coefficient (Wildman–Crippen LogP) is 3.38. The number of hydrogen-bond donors (Lipinski definition) is 2. The van der Waals surface area contributed by atoms with E-state index in [1.165, 1.54) is 17.2 Å². The number of nitrogens with zero attached hydrogens (tertiary/aromatic N) is 4. The lowest BCUT2D eigenvalue weighted by Gasteiger charge is -2.40. The van der Waals surface area contributed by atoms with Gasteiger partial charge in [-0.1, -0.05) is 17.7 Å². The van der Waals surface area contributed by atoms with Crippen LogP contribution in [-0.2, 0) is 22.2 Å². The van der Waals surface area contributed by atoms with Crippen molar-refractivity contribution in [1.82, 2.24) is 30.5 Å². The Kier molecular flexibility index (Phi) is 8.24. The maximum atomic E-state index is 13.1. The van der Waals surface area contributed by atoms with Crippen LogP contribution in [0.2, 0.25) is 5.02 Å². The second-order valence-electron chi connectivity index (χ2n) is 9.25. The van der Waals surface area contributed by atoms with Crippen LogP contribution >= 0.6 is 11.6 Å². The number of carbonyl (C=O) groups is 3. The highest BCUT2D eigenvalue weighted by Gasteiger charge is 2.37. The molecule has 15 heteroatoms. The highest BCUT2D eigenvalue weighted by atomic mass is 35.5. The van der Waals surface area contributed by atoms with E-state index in [9.17, 15) is 27.6 Å². The molecular formula is C27H22ClF3N6O5. The molecule has 1 unspecified atom stereocenters. The molecule has 0 bridgehead atoms. The number of benzene rings is 1. The summed E-state index contributed by atoms with van der Waals surface area (Å²) in [5.41, 5.74) is -0.229. The Balaban J connectivity index is 1.22. The number of aromatic nitrogens is 3. The van der Waals surface area contributed by atoms with Gasteiger partial charge >= 0.3 is 6.18 Å². The van der Waals surface area contributed by atoms with Crippen molar-refractivity contribution < 1.29 is 36.7 Å². The summed E-state index contributed by atoms with van der Waals surface area (Å²) >= 11 is 6.01. The molecule has 1 fully saturated rings. The number of nitrogens with one attached hydrogen (secondary N) is 2. The number of hydrogen-bond acceptors (Lipinski definition) is 8. The molecule has 3 aromatic heterocycles. The summed E-state index contributed by atoms with van der Waals surface area (Å²) in [5, 5.41) is 6.20. The number of carbonyl (C=O) groups excluding carboxylic acids is 3. The summed E-state index contributed by atoms with van der Waals surface area (Å²) in [6, 6.07) is 11.0. The second-order valence-corrected chi connectivity index (χ2v) is 9.69. The molecule has 2 N–H and O–H groups in total. The van der Waals surface area contributed by atoms with Gasteiger partial charge in [0, 0.05) is 47.8 Å². The van der Waals surface area contributed by atoms with Crippen molar-refractivity contribution in [2.45, 2.75) is 31.3 Å². The third-order valence-electron chi connectivity index (χ3n) is 6.35. The van der Waals surface area contributed by atoms with Crippen LogP contribution in [0.4, 0.5) is 13.2 Å². The van der Waals surface area contributed by atoms with Crippen LogP contribution in [-0.4, -0.2) is 62.9 Å². The van der Waals surface area contributed by atoms with Gasteiger partial charge in [0.25, 0.3) is 5.91 Å². The van der Waals surface area contributed by atoms with Crippen molar-refractivity contribution in [3.63, 3.8) is 0 Å². The largest absolute Gasteiger partial charge is 0.453 e. The van der Waals surface area contributed by atoms with E-state index in [1.807, 2.05) is 0 Å². The second kappa shape index (κ2) is 12.0. The summed E-state index contributed by atoms with van der Waals surface area (Å²) in [7, 11) is 0. The Morgan fingerprint density at radius 3 is 2.67 bits per heavy atom. The number of fused-ring (bicyclic) bond motifs is 1. The highest BCUT2D eigenvalue weighted by Crippen LogP contribution is 2.30. The number of furan rings is 1. The molecule has 1 aliphatic heterocycles. The first-order valence-corrected chi connectivity index (χ1v) is 13.0. The summed E-state index contributed by atoms with van der Waals surface area (Å²) < 4.78 is 49.8. The number of rotatable bonds is 9. The van der Waals surface area contributed by atoms with Gasteiger partial charge in [0.1, 0.15) is 18.0 Å². The minimum absolute atomic E-state index is 0.0172. The molecule has 11 nitrogen and oxygen atoms in total. The first-order valence-electron chi connectivity index (χ1n) is 12.6. The molecule has 0 spiro atoms. The number of halogens is 4. The first kappa shape index (κ1) is 28.8. The Morgan fingerprint density at radius 1 is 1.12 bits per heavy atom. The van der Waals surface area contributed by atoms with Gasteiger partial charge in [-0.05, 0) is 36.4 Å². The van der Waals surface area contributed by atoms with Gasteiger partial charge in [-0.3, -0.25) is 19.4 Å². The Morgan fingerprint density at radius 2 is 1.95 bits per heavy atom. The molecule has 1 saturated heterocycles. The molecular weight excluding hydrogens is 581 g/mol. The maximum absolute atomic E-state index is 13.1. The molecule has 1 aliphatic rings. The molecule has 4 heterocycles. The number of likely N-dealkylation sites (tertiary alicyclic amines) is 1. The van der Waals surface area contributed by atoms with Gasteiger partial charge in [-0.25, -0.2) is 9.97 Å². The van der Waals surface area contributed by atoms with E-state index in [-0.39, 0.29) is 24.6 Å². The number of pyridine rings is 1. The Hall–Kier alpha value is -4.72. The van der Waals surface area contributed by atoms with Crippen molar-refractivity contribution in [2.24, 2.45) is 0 Å². The lowest BCUT2D eigenvalue weighted by atomic mass is 10.1. The van der Waals surface area contributed by atoms with Crippen molar-refractivity contribution in [1.29, 1.82) is 0 Å². The average molecular weight is 603 g/mol. The van der Waals surface area contributed by atoms with Crippen LogP contribution in [0.25, 0.3) is 11.0 Å². The van der Waals surface area contributed by atoms with E-state index >= 15 is 0 Å². The topological polar surface area (TPSA) is 140 Å². The molecule has 0 radical (unpaired) electrons. The van der Waals surface area contributed by atoms with Crippen LogP contribution in [0, 0.1) is 0 Å². The lowest BCUT2D eigenvalue weighted by Crippen LogP contribution is -2.57. The minimum Gasteiger partial charge on any atom is -0.453 e. The van der Waals surface area contributed by atoms with Crippen LogP contribution in [0.3, 0.4) is 0 Å². The molecule has 5 rings (SSSR count). The third kappa shape index (κ3) is 6.77. The zero-order chi connectivity index (χ0) is 29.9. The highest BCUT2D eigenvalue weighted by molar-refractivity contribution is 6.31. The number of ether oxygens (including phenoxy) is 1. The normalized spacial score (nSPS) is 15.5. The summed E-state index contributed by atoms with van der Waals surface area (Å²) in [6.07, 6.45) is -2.91. The standard InChI is InChI=1S/C27H22ClF3N6O5/c28-16-4-5-19-15(9-16)10-20(41-19)26(40)36-18(11-17-3-1-2-7-32-17)25(39)33-13-23(38)37-8-6-24(37)42-22-12-21(27(29,30)31)34-14-35-22/h1-5,7,9-10,12,14,18,24H,6,8,11,13H2,(H,33,39)(H,36,40)/t18-,24?/m0/s1. The van der Waals surface area contributed by atoms with Crippen molar-refractivity contribution in [3.05, 3.63) is 83.2 Å². The fourth-order valence-electron chi connectivity index (χ4n) is 4.15. The van der Waals surface area contributed by atoms with E-state index in [2.05, 4.69) is 25.6 Å². The van der Waals surface area contributed by atoms with E-state index < -0.39 is 48.4 Å². The Bertz CT molecular complexity index is 1620. The third-order valence-corrected chi connectivity index (χ3v) is 6.59. The van der Waals surface area contributed by atoms with E-state index in [4.69, 9.17) is 20.8 Å². The molecule has 1 aromatic carbocycles. The quantitative estimate of drug-likeness (QED) is 0.297. The van der Waals surface area contributed by atoms with Gasteiger partial charge in [0.05, 0.1) is 6.54 Å². The van der Waals surface area contributed by atoms with Crippen LogP contribution in [0.15, 0.2) is 65.5 Å². The minimum atomic E-state index is -4.68. The van der Waals surface area contributed by atoms with Crippen LogP contribution in [0.5, 0.6) is 5.88 Å². The predicted molar refractivity (Wildman–Crippen MR) is 141 cm³/mol. The van der Waals surface area contributed by atoms with E-state index in [0.29, 0.717) is 34.2 Å². The lowest BCUT2D eigenvalue weighted by molar-refractivity contribution is -0.151. The fourth-order valence-corrected chi connectivity index (χ4v) is 4.33. The van der Waals surface area contributed by atoms with Gasteiger partial charge < -0.3 is 24.7 Å². The maximum Gasteiger partial charge on any atom is 0.433 e. The SMILES string of the molecule is O=C(N[C@@H](Cc1ccccn1)C(=O)NCC(=O)N1CCC1Oc1cc(C(F)(F)F)ncn1)c1cc2cc(Cl)ccc2o1. The van der Waals surface area contributed by atoms with Gasteiger partial charge in [0.2, 0.25) is 17.7 Å². The smallest absolute Gasteiger partial charge is 0.433 e. The van der Waals surface area contributed by atoms with Gasteiger partial charge in [0.15, 0.2) is 17.7 Å². The van der Waals surface area contributed by atoms with E-state index in [0.717, 1.165) is 6.33 Å².